The molecule has 0 amide bonds. The topological polar surface area (TPSA) is 0 Å². The molecule has 5 aliphatic carbocycles. The number of rotatable bonds is 2. The molecule has 9 aromatic rings. The second kappa shape index (κ2) is 10.5. The highest BCUT2D eigenvalue weighted by Gasteiger charge is 2.61. The fourth-order valence-electron chi connectivity index (χ4n) is 12.7. The van der Waals surface area contributed by atoms with Crippen LogP contribution < -0.4 is 0 Å². The molecule has 1 heterocycles. The quantitative estimate of drug-likeness (QED) is 0.158. The Kier molecular flexibility index (Phi) is 5.77. The van der Waals surface area contributed by atoms with Gasteiger partial charge in [0.25, 0.3) is 0 Å². The van der Waals surface area contributed by atoms with Crippen molar-refractivity contribution in [3.05, 3.63) is 157 Å². The maximum absolute atomic E-state index is 2.70. The van der Waals surface area contributed by atoms with Crippen molar-refractivity contribution < 1.29 is 0 Å². The van der Waals surface area contributed by atoms with Gasteiger partial charge in [0.15, 0.2) is 0 Å². The highest BCUT2D eigenvalue weighted by molar-refractivity contribution is 7.25. The summed E-state index contributed by atoms with van der Waals surface area (Å²) in [7, 11) is 0. The minimum atomic E-state index is 0.110. The summed E-state index contributed by atoms with van der Waals surface area (Å²) in [5, 5.41) is 10.9. The lowest BCUT2D eigenvalue weighted by atomic mass is 9.43. The summed E-state index contributed by atoms with van der Waals surface area (Å²) in [6.45, 7) is 0. The van der Waals surface area contributed by atoms with E-state index in [0.717, 1.165) is 23.7 Å². The van der Waals surface area contributed by atoms with E-state index >= 15 is 0 Å². The van der Waals surface area contributed by atoms with Gasteiger partial charge in [0.1, 0.15) is 0 Å². The van der Waals surface area contributed by atoms with Gasteiger partial charge < -0.3 is 0 Å². The summed E-state index contributed by atoms with van der Waals surface area (Å²) in [5.74, 6) is 3.30. The van der Waals surface area contributed by atoms with Gasteiger partial charge in [-0.15, -0.1) is 11.3 Å². The van der Waals surface area contributed by atoms with Crippen molar-refractivity contribution in [3.8, 4) is 33.4 Å². The van der Waals surface area contributed by atoms with E-state index in [1.54, 1.807) is 11.1 Å². The monoisotopic (exact) mass is 694 g/mol. The van der Waals surface area contributed by atoms with Crippen LogP contribution in [-0.2, 0) is 5.41 Å². The highest BCUT2D eigenvalue weighted by atomic mass is 32.1. The van der Waals surface area contributed by atoms with Crippen LogP contribution in [0.15, 0.2) is 146 Å². The van der Waals surface area contributed by atoms with Crippen LogP contribution >= 0.6 is 11.3 Å². The van der Waals surface area contributed by atoms with Crippen molar-refractivity contribution in [2.75, 3.05) is 0 Å². The molecule has 53 heavy (non-hydrogen) atoms. The molecule has 0 radical (unpaired) electrons. The zero-order chi connectivity index (χ0) is 34.4. The molecule has 4 fully saturated rings. The Morgan fingerprint density at radius 2 is 0.981 bits per heavy atom. The minimum absolute atomic E-state index is 0.110. The molecule has 0 nitrogen and oxygen atoms in total. The third-order valence-electron chi connectivity index (χ3n) is 14.4. The van der Waals surface area contributed by atoms with Gasteiger partial charge in [0.05, 0.1) is 0 Å². The minimum Gasteiger partial charge on any atom is -0.135 e. The first-order valence-corrected chi connectivity index (χ1v) is 20.6. The lowest BCUT2D eigenvalue weighted by molar-refractivity contribution is -0.0398. The van der Waals surface area contributed by atoms with Crippen LogP contribution in [0, 0.1) is 23.7 Å². The molecule has 0 unspecified atom stereocenters. The van der Waals surface area contributed by atoms with Crippen molar-refractivity contribution in [3.63, 3.8) is 0 Å². The normalized spacial score (nSPS) is 23.9. The lowest BCUT2D eigenvalue weighted by Gasteiger charge is -2.61. The number of thiophene rings is 1. The van der Waals surface area contributed by atoms with Crippen molar-refractivity contribution >= 4 is 63.8 Å². The first-order valence-electron chi connectivity index (χ1n) is 19.8. The molecule has 1 aromatic heterocycles. The van der Waals surface area contributed by atoms with Gasteiger partial charge in [0, 0.05) is 25.6 Å². The summed E-state index contributed by atoms with van der Waals surface area (Å²) in [6, 6.07) is 56.3. The smallest absolute Gasteiger partial charge is 0.0361 e. The van der Waals surface area contributed by atoms with Gasteiger partial charge in [-0.25, -0.2) is 0 Å². The van der Waals surface area contributed by atoms with Gasteiger partial charge >= 0.3 is 0 Å². The van der Waals surface area contributed by atoms with Crippen LogP contribution in [-0.4, -0.2) is 0 Å². The van der Waals surface area contributed by atoms with Crippen molar-refractivity contribution in [2.45, 2.75) is 37.5 Å². The largest absolute Gasteiger partial charge is 0.135 e. The highest BCUT2D eigenvalue weighted by Crippen LogP contribution is 2.70. The molecule has 5 aliphatic rings. The van der Waals surface area contributed by atoms with E-state index in [2.05, 4.69) is 146 Å². The van der Waals surface area contributed by atoms with Crippen molar-refractivity contribution in [1.29, 1.82) is 0 Å². The van der Waals surface area contributed by atoms with Gasteiger partial charge in [-0.1, -0.05) is 115 Å². The summed E-state index contributed by atoms with van der Waals surface area (Å²) in [4.78, 5) is 0. The molecule has 1 heteroatoms. The number of fused-ring (bicyclic) bond motifs is 9. The lowest BCUT2D eigenvalue weighted by Crippen LogP contribution is -2.55. The van der Waals surface area contributed by atoms with E-state index in [-0.39, 0.29) is 5.41 Å². The van der Waals surface area contributed by atoms with Crippen LogP contribution in [0.25, 0.3) is 85.9 Å². The summed E-state index contributed by atoms with van der Waals surface area (Å²) in [5.41, 5.74) is 11.8. The van der Waals surface area contributed by atoms with E-state index < -0.39 is 0 Å². The molecular formula is C52H38S. The number of hydrogen-bond donors (Lipinski definition) is 0. The third-order valence-corrected chi connectivity index (χ3v) is 15.5. The second-order valence-corrected chi connectivity index (χ2v) is 17.9. The molecule has 4 bridgehead atoms. The van der Waals surface area contributed by atoms with Gasteiger partial charge in [0.2, 0.25) is 0 Å². The summed E-state index contributed by atoms with van der Waals surface area (Å²) in [6.07, 6.45) is 7.05. The zero-order valence-corrected chi connectivity index (χ0v) is 30.4. The summed E-state index contributed by atoms with van der Waals surface area (Å²) < 4.78 is 2.71. The average Bonchev–Trinajstić information content (AvgIpc) is 3.71. The molecule has 4 saturated carbocycles. The maximum Gasteiger partial charge on any atom is 0.0361 e. The number of benzene rings is 8. The van der Waals surface area contributed by atoms with E-state index in [9.17, 15) is 0 Å². The second-order valence-electron chi connectivity index (χ2n) is 16.8. The Hall–Kier alpha value is -5.24. The average molecular weight is 695 g/mol. The van der Waals surface area contributed by atoms with Crippen LogP contribution in [0.2, 0.25) is 0 Å². The molecule has 0 atom stereocenters. The Morgan fingerprint density at radius 1 is 0.415 bits per heavy atom. The first kappa shape index (κ1) is 29.2. The predicted molar refractivity (Wildman–Crippen MR) is 226 cm³/mol. The van der Waals surface area contributed by atoms with E-state index in [0.29, 0.717) is 0 Å². The maximum atomic E-state index is 2.70. The Bertz CT molecular complexity index is 2940. The third kappa shape index (κ3) is 3.76. The number of hydrogen-bond acceptors (Lipinski definition) is 1. The molecule has 1 spiro atoms. The Morgan fingerprint density at radius 3 is 1.68 bits per heavy atom. The predicted octanol–water partition coefficient (Wildman–Crippen LogP) is 14.6. The molecule has 8 aromatic carbocycles. The van der Waals surface area contributed by atoms with Gasteiger partial charge in [-0.05, 0) is 163 Å². The molecule has 0 N–H and O–H groups in total. The van der Waals surface area contributed by atoms with Crippen LogP contribution in [0.5, 0.6) is 0 Å². The van der Waals surface area contributed by atoms with E-state index in [1.165, 1.54) is 118 Å². The standard InChI is InChI=1S/C52H38S/c1-2-11-33-28-46-44(27-32(33)10-1)37-21-20-34(29-45(37)52(46)35-23-30-22-31(25-35)26-36(52)24-30)49-38-12-3-5-14-40(38)50(41-15-6-4-13-39(41)49)43-17-9-19-48-51(43)42-16-7-8-18-47(42)53-48/h1-21,27-31,35-36H,22-26H2. The SMILES string of the molecule is c1ccc2cc3c(cc2c1)-c1ccc(-c2c4ccccc4c(-c4cccc5sc6ccccc6c45)c4ccccc24)cc1C31C2CC3CC(C2)CC1C3. The molecule has 0 aliphatic heterocycles. The van der Waals surface area contributed by atoms with Crippen molar-refractivity contribution in [1.82, 2.24) is 0 Å². The van der Waals surface area contributed by atoms with E-state index in [4.69, 9.17) is 0 Å². The van der Waals surface area contributed by atoms with Crippen LogP contribution in [0.3, 0.4) is 0 Å². The van der Waals surface area contributed by atoms with E-state index in [1.807, 2.05) is 11.3 Å². The van der Waals surface area contributed by atoms with Crippen molar-refractivity contribution in [2.24, 2.45) is 23.7 Å². The zero-order valence-electron chi connectivity index (χ0n) is 29.6. The molecule has 252 valence electrons. The first-order chi connectivity index (χ1) is 26.2. The van der Waals surface area contributed by atoms with Gasteiger partial charge in [-0.3, -0.25) is 0 Å². The van der Waals surface area contributed by atoms with Crippen LogP contribution in [0.4, 0.5) is 0 Å². The molecular weight excluding hydrogens is 657 g/mol. The fraction of sp³-hybridized carbons (Fsp3) is 0.192. The Balaban J connectivity index is 1.10. The van der Waals surface area contributed by atoms with Crippen LogP contribution in [0.1, 0.15) is 43.2 Å². The summed E-state index contributed by atoms with van der Waals surface area (Å²) >= 11 is 1.91. The fourth-order valence-corrected chi connectivity index (χ4v) is 13.9. The molecule has 14 rings (SSSR count). The Labute approximate surface area is 313 Å². The van der Waals surface area contributed by atoms with Gasteiger partial charge in [-0.2, -0.15) is 0 Å². The molecule has 0 saturated heterocycles.